The third-order valence-electron chi connectivity index (χ3n) is 3.01. The van der Waals surface area contributed by atoms with Crippen LogP contribution in [0.3, 0.4) is 0 Å². The third kappa shape index (κ3) is 4.21. The molecule has 1 amide bonds. The third-order valence-corrected chi connectivity index (χ3v) is 3.01. The fourth-order valence-corrected chi connectivity index (χ4v) is 1.85. The average Bonchev–Trinajstić information content (AvgIpc) is 2.93. The Morgan fingerprint density at radius 1 is 1.42 bits per heavy atom. The van der Waals surface area contributed by atoms with E-state index in [0.29, 0.717) is 19.0 Å². The summed E-state index contributed by atoms with van der Waals surface area (Å²) in [6, 6.07) is 4.07. The fourth-order valence-electron chi connectivity index (χ4n) is 1.85. The number of rotatable bonds is 6. The molecule has 5 nitrogen and oxygen atoms in total. The Morgan fingerprint density at radius 3 is 3.00 bits per heavy atom. The molecule has 0 bridgehead atoms. The van der Waals surface area contributed by atoms with Crippen molar-refractivity contribution in [2.45, 2.75) is 25.8 Å². The van der Waals surface area contributed by atoms with E-state index in [1.54, 1.807) is 24.9 Å². The van der Waals surface area contributed by atoms with Crippen LogP contribution < -0.4 is 5.32 Å². The van der Waals surface area contributed by atoms with E-state index >= 15 is 0 Å². The highest BCUT2D eigenvalue weighted by Crippen LogP contribution is 2.08. The molecule has 2 heterocycles. The molecule has 0 aliphatic carbocycles. The van der Waals surface area contributed by atoms with Gasteiger partial charge >= 0.3 is 0 Å². The van der Waals surface area contributed by atoms with E-state index in [9.17, 15) is 4.79 Å². The summed E-state index contributed by atoms with van der Waals surface area (Å²) >= 11 is 0. The maximum atomic E-state index is 11.7. The van der Waals surface area contributed by atoms with Gasteiger partial charge in [-0.2, -0.15) is 0 Å². The van der Waals surface area contributed by atoms with E-state index in [1.807, 2.05) is 22.9 Å². The van der Waals surface area contributed by atoms with Gasteiger partial charge in [0.15, 0.2) is 0 Å². The van der Waals surface area contributed by atoms with Gasteiger partial charge < -0.3 is 9.88 Å². The molecule has 100 valence electrons. The van der Waals surface area contributed by atoms with E-state index < -0.39 is 0 Å². The second kappa shape index (κ2) is 6.68. The lowest BCUT2D eigenvalue weighted by Gasteiger charge is -2.13. The molecule has 5 heteroatoms. The van der Waals surface area contributed by atoms with Crippen LogP contribution >= 0.6 is 0 Å². The molecule has 2 aromatic heterocycles. The second-order valence-electron chi connectivity index (χ2n) is 4.54. The van der Waals surface area contributed by atoms with Gasteiger partial charge in [-0.15, -0.1) is 0 Å². The second-order valence-corrected chi connectivity index (χ2v) is 4.54. The molecule has 0 saturated carbocycles. The highest BCUT2D eigenvalue weighted by molar-refractivity contribution is 5.78. The molecule has 1 unspecified atom stereocenters. The minimum absolute atomic E-state index is 0.0332. The largest absolute Gasteiger partial charge is 0.356 e. The Bertz CT molecular complexity index is 495. The Balaban J connectivity index is 1.70. The van der Waals surface area contributed by atoms with Gasteiger partial charge in [-0.3, -0.25) is 9.78 Å². The Morgan fingerprint density at radius 2 is 2.32 bits per heavy atom. The molecule has 0 radical (unpaired) electrons. The Labute approximate surface area is 112 Å². The van der Waals surface area contributed by atoms with Crippen molar-refractivity contribution in [1.82, 2.24) is 19.9 Å². The van der Waals surface area contributed by atoms with E-state index in [1.165, 1.54) is 0 Å². The zero-order chi connectivity index (χ0) is 13.5. The molecule has 0 fully saturated rings. The number of hydrogen-bond acceptors (Lipinski definition) is 3. The van der Waals surface area contributed by atoms with E-state index in [0.717, 1.165) is 12.0 Å². The normalized spacial score (nSPS) is 12.1. The summed E-state index contributed by atoms with van der Waals surface area (Å²) in [5, 5.41) is 2.92. The number of nitrogens with zero attached hydrogens (tertiary/aromatic N) is 3. The highest BCUT2D eigenvalue weighted by atomic mass is 16.1. The molecular weight excluding hydrogens is 240 g/mol. The van der Waals surface area contributed by atoms with E-state index in [4.69, 9.17) is 0 Å². The van der Waals surface area contributed by atoms with Gasteiger partial charge in [0.2, 0.25) is 5.91 Å². The summed E-state index contributed by atoms with van der Waals surface area (Å²) < 4.78 is 2.03. The van der Waals surface area contributed by atoms with Crippen molar-refractivity contribution in [2.75, 3.05) is 6.54 Å². The molecule has 0 spiro atoms. The van der Waals surface area contributed by atoms with Gasteiger partial charge in [-0.05, 0) is 25.0 Å². The van der Waals surface area contributed by atoms with Crippen LogP contribution in [0.5, 0.6) is 0 Å². The average molecular weight is 258 g/mol. The molecule has 1 atom stereocenters. The summed E-state index contributed by atoms with van der Waals surface area (Å²) in [6.07, 6.45) is 10.2. The number of carbonyl (C=O) groups is 1. The molecule has 2 rings (SSSR count). The van der Waals surface area contributed by atoms with Gasteiger partial charge in [-0.25, -0.2) is 4.98 Å². The molecule has 1 N–H and O–H groups in total. The highest BCUT2D eigenvalue weighted by Gasteiger charge is 2.06. The first kappa shape index (κ1) is 13.3. The van der Waals surface area contributed by atoms with Crippen molar-refractivity contribution >= 4 is 5.91 Å². The number of carbonyl (C=O) groups excluding carboxylic acids is 1. The summed E-state index contributed by atoms with van der Waals surface area (Å²) in [4.78, 5) is 19.7. The molecular formula is C14H18N4O. The Kier molecular flexibility index (Phi) is 4.66. The zero-order valence-electron chi connectivity index (χ0n) is 11.0. The number of amides is 1. The minimum Gasteiger partial charge on any atom is -0.356 e. The lowest BCUT2D eigenvalue weighted by molar-refractivity contribution is -0.120. The molecule has 2 aromatic rings. The van der Waals surface area contributed by atoms with Gasteiger partial charge in [0.05, 0.1) is 12.7 Å². The number of imidazole rings is 1. The predicted molar refractivity (Wildman–Crippen MR) is 72.5 cm³/mol. The quantitative estimate of drug-likeness (QED) is 0.856. The maximum absolute atomic E-state index is 11.7. The van der Waals surface area contributed by atoms with Gasteiger partial charge in [-0.1, -0.05) is 6.07 Å². The number of hydrogen-bond donors (Lipinski definition) is 1. The predicted octanol–water partition coefficient (Wildman–Crippen LogP) is 1.59. The summed E-state index contributed by atoms with van der Waals surface area (Å²) in [7, 11) is 0. The van der Waals surface area contributed by atoms with Gasteiger partial charge in [0, 0.05) is 37.4 Å². The van der Waals surface area contributed by atoms with Crippen LogP contribution in [-0.4, -0.2) is 27.0 Å². The van der Waals surface area contributed by atoms with E-state index in [2.05, 4.69) is 22.2 Å². The molecule has 19 heavy (non-hydrogen) atoms. The van der Waals surface area contributed by atoms with Gasteiger partial charge in [0.25, 0.3) is 0 Å². The Hall–Kier alpha value is -2.17. The summed E-state index contributed by atoms with van der Waals surface area (Å²) in [6.45, 7) is 2.77. The van der Waals surface area contributed by atoms with Crippen molar-refractivity contribution in [1.29, 1.82) is 0 Å². The smallest absolute Gasteiger partial charge is 0.224 e. The van der Waals surface area contributed by atoms with Crippen molar-refractivity contribution in [2.24, 2.45) is 0 Å². The van der Waals surface area contributed by atoms with Crippen LogP contribution in [0, 0.1) is 0 Å². The van der Waals surface area contributed by atoms with Crippen molar-refractivity contribution in [3.05, 3.63) is 48.8 Å². The SMILES string of the molecule is CC(CCNC(=O)Cc1cccnc1)n1ccnc1. The monoisotopic (exact) mass is 258 g/mol. The number of nitrogens with one attached hydrogen (secondary N) is 1. The lowest BCUT2D eigenvalue weighted by atomic mass is 10.2. The van der Waals surface area contributed by atoms with Crippen LogP contribution in [-0.2, 0) is 11.2 Å². The van der Waals surface area contributed by atoms with E-state index in [-0.39, 0.29) is 5.91 Å². The first-order valence-corrected chi connectivity index (χ1v) is 6.39. The van der Waals surface area contributed by atoms with Crippen LogP contribution in [0.1, 0.15) is 24.9 Å². The first-order valence-electron chi connectivity index (χ1n) is 6.39. The molecule has 0 aliphatic heterocycles. The molecule has 0 saturated heterocycles. The minimum atomic E-state index is 0.0332. The number of aromatic nitrogens is 3. The first-order chi connectivity index (χ1) is 9.25. The molecule has 0 aliphatic rings. The van der Waals surface area contributed by atoms with Crippen molar-refractivity contribution < 1.29 is 4.79 Å². The van der Waals surface area contributed by atoms with Crippen LogP contribution in [0.4, 0.5) is 0 Å². The molecule has 0 aromatic carbocycles. The fraction of sp³-hybridized carbons (Fsp3) is 0.357. The topological polar surface area (TPSA) is 59.8 Å². The maximum Gasteiger partial charge on any atom is 0.224 e. The van der Waals surface area contributed by atoms with Crippen molar-refractivity contribution in [3.63, 3.8) is 0 Å². The standard InChI is InChI=1S/C14H18N4O/c1-12(18-8-7-16-11-18)4-6-17-14(19)9-13-3-2-5-15-10-13/h2-3,5,7-8,10-12H,4,6,9H2,1H3,(H,17,19). The summed E-state index contributed by atoms with van der Waals surface area (Å²) in [5.74, 6) is 0.0332. The number of pyridine rings is 1. The van der Waals surface area contributed by atoms with Gasteiger partial charge in [0.1, 0.15) is 0 Å². The van der Waals surface area contributed by atoms with Crippen LogP contribution in [0.2, 0.25) is 0 Å². The van der Waals surface area contributed by atoms with Crippen LogP contribution in [0.25, 0.3) is 0 Å². The summed E-state index contributed by atoms with van der Waals surface area (Å²) in [5.41, 5.74) is 0.933. The van der Waals surface area contributed by atoms with Crippen LogP contribution in [0.15, 0.2) is 43.2 Å². The van der Waals surface area contributed by atoms with Crippen molar-refractivity contribution in [3.8, 4) is 0 Å². The lowest BCUT2D eigenvalue weighted by Crippen LogP contribution is -2.27. The zero-order valence-corrected chi connectivity index (χ0v) is 11.0.